The van der Waals surface area contributed by atoms with Gasteiger partial charge in [0.05, 0.1) is 24.6 Å². The molecule has 0 spiro atoms. The van der Waals surface area contributed by atoms with Gasteiger partial charge in [0.25, 0.3) is 0 Å². The van der Waals surface area contributed by atoms with E-state index < -0.39 is 35.8 Å². The molecule has 0 saturated carbocycles. The van der Waals surface area contributed by atoms with Gasteiger partial charge >= 0.3 is 5.97 Å². The molecule has 140 valence electrons. The number of H-pyrrole nitrogens is 1. The standard InChI is InChI=1S/C15H26N6O4/c1-21(13(23)11(18)6-10-8-19-9-20-10)15(14(24)25,12(22)7-17)4-2-3-5-16/h8-9,11H,2-7,16-18H2,1H3,(H,19,20)(H,24,25). The molecule has 2 unspecified atom stereocenters. The summed E-state index contributed by atoms with van der Waals surface area (Å²) in [5, 5.41) is 9.72. The third-order valence-corrected chi connectivity index (χ3v) is 4.20. The van der Waals surface area contributed by atoms with Crippen LogP contribution in [0, 0.1) is 0 Å². The predicted molar refractivity (Wildman–Crippen MR) is 90.4 cm³/mol. The molecule has 0 aliphatic rings. The van der Waals surface area contributed by atoms with Crippen molar-refractivity contribution >= 4 is 17.7 Å². The number of hydrogen-bond acceptors (Lipinski definition) is 7. The molecule has 10 heteroatoms. The van der Waals surface area contributed by atoms with Crippen LogP contribution >= 0.6 is 0 Å². The van der Waals surface area contributed by atoms with Gasteiger partial charge in [0.2, 0.25) is 11.4 Å². The van der Waals surface area contributed by atoms with Gasteiger partial charge in [-0.2, -0.15) is 0 Å². The van der Waals surface area contributed by atoms with Crippen LogP contribution in [0.4, 0.5) is 0 Å². The fourth-order valence-electron chi connectivity index (χ4n) is 2.71. The highest BCUT2D eigenvalue weighted by Crippen LogP contribution is 2.24. The maximum atomic E-state index is 12.7. The summed E-state index contributed by atoms with van der Waals surface area (Å²) in [6.07, 6.45) is 3.95. The molecule has 0 saturated heterocycles. The summed E-state index contributed by atoms with van der Waals surface area (Å²) in [5.41, 5.74) is 15.2. The number of ketones is 1. The van der Waals surface area contributed by atoms with Crippen molar-refractivity contribution in [1.29, 1.82) is 0 Å². The van der Waals surface area contributed by atoms with Crippen molar-refractivity contribution in [3.63, 3.8) is 0 Å². The van der Waals surface area contributed by atoms with Crippen molar-refractivity contribution in [1.82, 2.24) is 14.9 Å². The molecule has 0 fully saturated rings. The molecule has 25 heavy (non-hydrogen) atoms. The Hall–Kier alpha value is -2.30. The molecule has 8 N–H and O–H groups in total. The SMILES string of the molecule is CN(C(=O)C(N)Cc1c[nH]cn1)C(CCCCN)(C(=O)O)C(=O)CN. The minimum atomic E-state index is -2.05. The smallest absolute Gasteiger partial charge is 0.337 e. The lowest BCUT2D eigenvalue weighted by Crippen LogP contribution is -2.64. The summed E-state index contributed by atoms with van der Waals surface area (Å²) < 4.78 is 0. The number of nitrogens with one attached hydrogen (secondary N) is 1. The maximum Gasteiger partial charge on any atom is 0.337 e. The topological polar surface area (TPSA) is 181 Å². The van der Waals surface area contributed by atoms with E-state index in [1.165, 1.54) is 13.4 Å². The quantitative estimate of drug-likeness (QED) is 0.228. The number of unbranched alkanes of at least 4 members (excludes halogenated alkanes) is 1. The zero-order valence-corrected chi connectivity index (χ0v) is 14.3. The number of aromatic nitrogens is 2. The Kier molecular flexibility index (Phi) is 7.68. The average molecular weight is 354 g/mol. The molecule has 1 aromatic heterocycles. The molecule has 0 aliphatic carbocycles. The second-order valence-electron chi connectivity index (χ2n) is 5.81. The minimum absolute atomic E-state index is 0.0765. The molecule has 0 bridgehead atoms. The van der Waals surface area contributed by atoms with E-state index in [9.17, 15) is 19.5 Å². The lowest BCUT2D eigenvalue weighted by Gasteiger charge is -2.38. The summed E-state index contributed by atoms with van der Waals surface area (Å²) in [7, 11) is 1.26. The Morgan fingerprint density at radius 3 is 2.52 bits per heavy atom. The Morgan fingerprint density at radius 1 is 1.36 bits per heavy atom. The molecule has 1 aromatic rings. The van der Waals surface area contributed by atoms with E-state index in [0.29, 0.717) is 25.1 Å². The number of rotatable bonds is 11. The van der Waals surface area contributed by atoms with Gasteiger partial charge in [0, 0.05) is 19.7 Å². The van der Waals surface area contributed by atoms with E-state index in [1.807, 2.05) is 0 Å². The van der Waals surface area contributed by atoms with Crippen molar-refractivity contribution in [3.8, 4) is 0 Å². The highest BCUT2D eigenvalue weighted by atomic mass is 16.4. The van der Waals surface area contributed by atoms with Gasteiger partial charge in [-0.25, -0.2) is 9.78 Å². The Balaban J connectivity index is 3.06. The first-order valence-electron chi connectivity index (χ1n) is 7.99. The molecule has 1 rings (SSSR count). The number of carbonyl (C=O) groups is 3. The maximum absolute atomic E-state index is 12.7. The highest BCUT2D eigenvalue weighted by molar-refractivity contribution is 6.11. The summed E-state index contributed by atoms with van der Waals surface area (Å²) in [6, 6.07) is -1.04. The Morgan fingerprint density at radius 2 is 2.04 bits per heavy atom. The van der Waals surface area contributed by atoms with Crippen molar-refractivity contribution in [3.05, 3.63) is 18.2 Å². The Labute approximate surface area is 145 Å². The van der Waals surface area contributed by atoms with E-state index >= 15 is 0 Å². The number of aromatic amines is 1. The van der Waals surface area contributed by atoms with Gasteiger partial charge in [-0.15, -0.1) is 0 Å². The number of aliphatic carboxylic acids is 1. The summed E-state index contributed by atoms with van der Waals surface area (Å²) in [5.74, 6) is -2.84. The third kappa shape index (κ3) is 4.62. The molecule has 10 nitrogen and oxygen atoms in total. The van der Waals surface area contributed by atoms with Crippen LogP contribution in [0.25, 0.3) is 0 Å². The van der Waals surface area contributed by atoms with Crippen LogP contribution in [0.5, 0.6) is 0 Å². The number of carboxylic acids is 1. The Bertz CT molecular complexity index is 591. The number of hydrogen-bond donors (Lipinski definition) is 5. The van der Waals surface area contributed by atoms with Crippen LogP contribution in [-0.2, 0) is 20.8 Å². The number of amides is 1. The third-order valence-electron chi connectivity index (χ3n) is 4.20. The van der Waals surface area contributed by atoms with Crippen molar-refractivity contribution < 1.29 is 19.5 Å². The van der Waals surface area contributed by atoms with Gasteiger partial charge in [-0.05, 0) is 25.8 Å². The lowest BCUT2D eigenvalue weighted by atomic mass is 9.85. The van der Waals surface area contributed by atoms with E-state index in [-0.39, 0.29) is 12.8 Å². The number of carbonyl (C=O) groups excluding carboxylic acids is 2. The fraction of sp³-hybridized carbons (Fsp3) is 0.600. The van der Waals surface area contributed by atoms with E-state index in [0.717, 1.165) is 4.90 Å². The summed E-state index contributed by atoms with van der Waals surface area (Å²) in [4.78, 5) is 44.6. The van der Waals surface area contributed by atoms with E-state index in [4.69, 9.17) is 17.2 Å². The van der Waals surface area contributed by atoms with Gasteiger partial charge in [0.15, 0.2) is 5.78 Å². The normalized spacial score (nSPS) is 14.6. The van der Waals surface area contributed by atoms with E-state index in [2.05, 4.69) is 9.97 Å². The monoisotopic (exact) mass is 354 g/mol. The zero-order valence-electron chi connectivity index (χ0n) is 14.3. The second-order valence-corrected chi connectivity index (χ2v) is 5.81. The van der Waals surface area contributed by atoms with Crippen LogP contribution < -0.4 is 17.2 Å². The number of nitrogens with zero attached hydrogens (tertiary/aromatic N) is 2. The second kappa shape index (κ2) is 9.25. The first-order valence-corrected chi connectivity index (χ1v) is 7.99. The predicted octanol–water partition coefficient (Wildman–Crippen LogP) is -1.78. The highest BCUT2D eigenvalue weighted by Gasteiger charge is 2.50. The average Bonchev–Trinajstić information content (AvgIpc) is 3.09. The number of nitrogens with two attached hydrogens (primary N) is 3. The molecule has 0 radical (unpaired) electrons. The number of imidazole rings is 1. The summed E-state index contributed by atoms with van der Waals surface area (Å²) >= 11 is 0. The minimum Gasteiger partial charge on any atom is -0.479 e. The molecule has 1 heterocycles. The molecular formula is C15H26N6O4. The van der Waals surface area contributed by atoms with E-state index in [1.54, 1.807) is 6.20 Å². The number of Topliss-reactive ketones (excluding diaryl/α,β-unsaturated/α-hetero) is 1. The fourth-order valence-corrected chi connectivity index (χ4v) is 2.71. The van der Waals surface area contributed by atoms with Crippen LogP contribution in [0.15, 0.2) is 12.5 Å². The van der Waals surface area contributed by atoms with Crippen LogP contribution in [-0.4, -0.2) is 69.4 Å². The van der Waals surface area contributed by atoms with Gasteiger partial charge in [-0.1, -0.05) is 0 Å². The molecule has 1 amide bonds. The van der Waals surface area contributed by atoms with Crippen LogP contribution in [0.3, 0.4) is 0 Å². The molecule has 2 atom stereocenters. The first kappa shape index (κ1) is 20.7. The van der Waals surface area contributed by atoms with Crippen molar-refractivity contribution in [2.75, 3.05) is 20.1 Å². The number of carboxylic acid groups (broad SMARTS) is 1. The molecule has 0 aromatic carbocycles. The molecular weight excluding hydrogens is 328 g/mol. The summed E-state index contributed by atoms with van der Waals surface area (Å²) in [6.45, 7) is -0.149. The van der Waals surface area contributed by atoms with Crippen molar-refractivity contribution in [2.45, 2.75) is 37.3 Å². The van der Waals surface area contributed by atoms with Crippen LogP contribution in [0.1, 0.15) is 25.0 Å². The zero-order chi connectivity index (χ0) is 19.0. The van der Waals surface area contributed by atoms with Gasteiger partial charge in [-0.3, -0.25) is 9.59 Å². The first-order chi connectivity index (χ1) is 11.8. The largest absolute Gasteiger partial charge is 0.479 e. The van der Waals surface area contributed by atoms with Crippen LogP contribution in [0.2, 0.25) is 0 Å². The van der Waals surface area contributed by atoms with Gasteiger partial charge in [0.1, 0.15) is 0 Å². The number of likely N-dealkylation sites (N-methyl/N-ethyl adjacent to an activating group) is 1. The van der Waals surface area contributed by atoms with Gasteiger partial charge < -0.3 is 32.2 Å². The lowest BCUT2D eigenvalue weighted by molar-refractivity contribution is -0.164. The van der Waals surface area contributed by atoms with Crippen molar-refractivity contribution in [2.24, 2.45) is 17.2 Å². The molecule has 0 aliphatic heterocycles.